The summed E-state index contributed by atoms with van der Waals surface area (Å²) in [6.45, 7) is 2.16. The summed E-state index contributed by atoms with van der Waals surface area (Å²) >= 11 is 12.4. The number of nitrogens with one attached hydrogen (secondary N) is 1. The maximum absolute atomic E-state index is 6.25. The lowest BCUT2D eigenvalue weighted by molar-refractivity contribution is 0.332. The number of rotatable bonds is 2. The van der Waals surface area contributed by atoms with Gasteiger partial charge in [0.1, 0.15) is 5.82 Å². The Labute approximate surface area is 134 Å². The van der Waals surface area contributed by atoms with Gasteiger partial charge in [0.25, 0.3) is 0 Å². The highest BCUT2D eigenvalue weighted by Crippen LogP contribution is 2.41. The standard InChI is InChI=1S/C16H19Cl2N3/c17-12-8-14-15(9-13(12)18)21(11-4-6-19-7-5-11)16(20-14)10-2-1-3-10/h8-11,19H,1-7H2. The Kier molecular flexibility index (Phi) is 3.60. The first-order valence-electron chi connectivity index (χ1n) is 7.81. The molecule has 0 bridgehead atoms. The van der Waals surface area contributed by atoms with Crippen LogP contribution in [0.5, 0.6) is 0 Å². The first kappa shape index (κ1) is 13.9. The van der Waals surface area contributed by atoms with E-state index in [9.17, 15) is 0 Å². The van der Waals surface area contributed by atoms with Crippen molar-refractivity contribution >= 4 is 34.2 Å². The topological polar surface area (TPSA) is 29.9 Å². The molecule has 1 N–H and O–H groups in total. The summed E-state index contributed by atoms with van der Waals surface area (Å²) in [5.74, 6) is 1.87. The van der Waals surface area contributed by atoms with Crippen LogP contribution in [0.4, 0.5) is 0 Å². The number of imidazole rings is 1. The van der Waals surface area contributed by atoms with E-state index in [1.807, 2.05) is 12.1 Å². The van der Waals surface area contributed by atoms with E-state index in [0.717, 1.165) is 37.0 Å². The molecule has 3 nitrogen and oxygen atoms in total. The number of piperidine rings is 1. The Morgan fingerprint density at radius 1 is 1.05 bits per heavy atom. The van der Waals surface area contributed by atoms with Crippen molar-refractivity contribution in [3.8, 4) is 0 Å². The van der Waals surface area contributed by atoms with Gasteiger partial charge in [-0.05, 0) is 50.9 Å². The van der Waals surface area contributed by atoms with Crippen LogP contribution >= 0.6 is 23.2 Å². The van der Waals surface area contributed by atoms with Gasteiger partial charge < -0.3 is 9.88 Å². The molecule has 21 heavy (non-hydrogen) atoms. The fraction of sp³-hybridized carbons (Fsp3) is 0.562. The molecule has 1 aliphatic carbocycles. The van der Waals surface area contributed by atoms with Crippen LogP contribution in [0.2, 0.25) is 10.0 Å². The summed E-state index contributed by atoms with van der Waals surface area (Å²) in [6, 6.07) is 4.44. The lowest BCUT2D eigenvalue weighted by Gasteiger charge is -2.31. The van der Waals surface area contributed by atoms with Crippen molar-refractivity contribution in [2.45, 2.75) is 44.1 Å². The second-order valence-corrected chi connectivity index (χ2v) is 7.02. The molecule has 0 radical (unpaired) electrons. The minimum absolute atomic E-state index is 0.532. The van der Waals surface area contributed by atoms with Crippen LogP contribution in [0.15, 0.2) is 12.1 Å². The third-order valence-electron chi connectivity index (χ3n) is 4.90. The number of hydrogen-bond donors (Lipinski definition) is 1. The lowest BCUT2D eigenvalue weighted by atomic mass is 9.84. The molecule has 0 amide bonds. The van der Waals surface area contributed by atoms with Crippen molar-refractivity contribution < 1.29 is 0 Å². The predicted molar refractivity (Wildman–Crippen MR) is 87.5 cm³/mol. The fourth-order valence-corrected chi connectivity index (χ4v) is 3.83. The number of fused-ring (bicyclic) bond motifs is 1. The molecule has 2 heterocycles. The zero-order valence-corrected chi connectivity index (χ0v) is 13.4. The van der Waals surface area contributed by atoms with Crippen LogP contribution < -0.4 is 5.32 Å². The highest BCUT2D eigenvalue weighted by atomic mass is 35.5. The highest BCUT2D eigenvalue weighted by Gasteiger charge is 2.29. The third-order valence-corrected chi connectivity index (χ3v) is 5.63. The molecule has 0 atom stereocenters. The molecule has 4 rings (SSSR count). The van der Waals surface area contributed by atoms with E-state index in [2.05, 4.69) is 9.88 Å². The molecule has 2 aliphatic rings. The van der Waals surface area contributed by atoms with Gasteiger partial charge in [0.2, 0.25) is 0 Å². The van der Waals surface area contributed by atoms with Crippen LogP contribution in [0.25, 0.3) is 11.0 Å². The molecule has 112 valence electrons. The Morgan fingerprint density at radius 3 is 2.43 bits per heavy atom. The summed E-state index contributed by atoms with van der Waals surface area (Å²) in [6.07, 6.45) is 6.16. The summed E-state index contributed by atoms with van der Waals surface area (Å²) in [5.41, 5.74) is 2.14. The zero-order chi connectivity index (χ0) is 14.4. The van der Waals surface area contributed by atoms with Gasteiger partial charge in [-0.25, -0.2) is 4.98 Å². The first-order valence-corrected chi connectivity index (χ1v) is 8.57. The number of hydrogen-bond acceptors (Lipinski definition) is 2. The average molecular weight is 324 g/mol. The Morgan fingerprint density at radius 2 is 1.76 bits per heavy atom. The minimum Gasteiger partial charge on any atom is -0.324 e. The molecular weight excluding hydrogens is 305 g/mol. The highest BCUT2D eigenvalue weighted by molar-refractivity contribution is 6.42. The molecule has 1 saturated carbocycles. The summed E-state index contributed by atoms with van der Waals surface area (Å²) in [4.78, 5) is 4.91. The number of aromatic nitrogens is 2. The minimum atomic E-state index is 0.532. The van der Waals surface area contributed by atoms with E-state index < -0.39 is 0 Å². The number of nitrogens with zero attached hydrogens (tertiary/aromatic N) is 2. The molecule has 1 aromatic heterocycles. The van der Waals surface area contributed by atoms with Crippen molar-refractivity contribution in [2.24, 2.45) is 0 Å². The Hall–Kier alpha value is -0.770. The van der Waals surface area contributed by atoms with E-state index in [0.29, 0.717) is 22.0 Å². The van der Waals surface area contributed by atoms with Gasteiger partial charge in [-0.15, -0.1) is 0 Å². The van der Waals surface area contributed by atoms with E-state index in [-0.39, 0.29) is 0 Å². The maximum atomic E-state index is 6.25. The molecule has 2 aromatic rings. The monoisotopic (exact) mass is 323 g/mol. The van der Waals surface area contributed by atoms with E-state index in [1.54, 1.807) is 0 Å². The van der Waals surface area contributed by atoms with Gasteiger partial charge in [0.15, 0.2) is 0 Å². The van der Waals surface area contributed by atoms with Gasteiger partial charge in [-0.3, -0.25) is 0 Å². The van der Waals surface area contributed by atoms with Crippen LogP contribution in [0.1, 0.15) is 49.9 Å². The van der Waals surface area contributed by atoms with Crippen molar-refractivity contribution in [1.82, 2.24) is 14.9 Å². The quantitative estimate of drug-likeness (QED) is 0.879. The summed E-state index contributed by atoms with van der Waals surface area (Å²) in [7, 11) is 0. The van der Waals surface area contributed by atoms with Crippen molar-refractivity contribution in [3.63, 3.8) is 0 Å². The SMILES string of the molecule is Clc1cc2nc(C3CCC3)n(C3CCNCC3)c2cc1Cl. The van der Waals surface area contributed by atoms with Gasteiger partial charge in [-0.1, -0.05) is 29.6 Å². The van der Waals surface area contributed by atoms with Crippen molar-refractivity contribution in [2.75, 3.05) is 13.1 Å². The molecule has 1 aromatic carbocycles. The van der Waals surface area contributed by atoms with E-state index in [4.69, 9.17) is 28.2 Å². The molecule has 0 spiro atoms. The largest absolute Gasteiger partial charge is 0.324 e. The van der Waals surface area contributed by atoms with E-state index in [1.165, 1.54) is 25.1 Å². The van der Waals surface area contributed by atoms with Gasteiger partial charge in [-0.2, -0.15) is 0 Å². The van der Waals surface area contributed by atoms with Gasteiger partial charge in [0, 0.05) is 12.0 Å². The average Bonchev–Trinajstić information content (AvgIpc) is 2.76. The number of halogens is 2. The molecule has 1 aliphatic heterocycles. The maximum Gasteiger partial charge on any atom is 0.113 e. The molecule has 0 unspecified atom stereocenters. The first-order chi connectivity index (χ1) is 10.2. The molecule has 5 heteroatoms. The second-order valence-electron chi connectivity index (χ2n) is 6.20. The molecular formula is C16H19Cl2N3. The van der Waals surface area contributed by atoms with Crippen molar-refractivity contribution in [1.29, 1.82) is 0 Å². The van der Waals surface area contributed by atoms with Crippen LogP contribution in [0.3, 0.4) is 0 Å². The molecule has 2 fully saturated rings. The lowest BCUT2D eigenvalue weighted by Crippen LogP contribution is -2.31. The van der Waals surface area contributed by atoms with Crippen LogP contribution in [-0.4, -0.2) is 22.6 Å². The zero-order valence-electron chi connectivity index (χ0n) is 11.9. The van der Waals surface area contributed by atoms with Gasteiger partial charge >= 0.3 is 0 Å². The Bertz CT molecular complexity index is 670. The van der Waals surface area contributed by atoms with Crippen molar-refractivity contribution in [3.05, 3.63) is 28.0 Å². The predicted octanol–water partition coefficient (Wildman–Crippen LogP) is 4.54. The normalized spacial score (nSPS) is 20.9. The fourth-order valence-electron chi connectivity index (χ4n) is 3.51. The van der Waals surface area contributed by atoms with E-state index >= 15 is 0 Å². The smallest absolute Gasteiger partial charge is 0.113 e. The summed E-state index contributed by atoms with van der Waals surface area (Å²) < 4.78 is 2.46. The Balaban J connectivity index is 1.88. The molecule has 1 saturated heterocycles. The second kappa shape index (κ2) is 5.45. The summed E-state index contributed by atoms with van der Waals surface area (Å²) in [5, 5.41) is 4.66. The van der Waals surface area contributed by atoms with Gasteiger partial charge in [0.05, 0.1) is 21.1 Å². The van der Waals surface area contributed by atoms with Crippen LogP contribution in [0, 0.1) is 0 Å². The number of benzene rings is 1. The van der Waals surface area contributed by atoms with Crippen LogP contribution in [-0.2, 0) is 0 Å². The third kappa shape index (κ3) is 2.36.